The van der Waals surface area contributed by atoms with Crippen LogP contribution in [0.4, 0.5) is 0 Å². The van der Waals surface area contributed by atoms with Gasteiger partial charge in [-0.1, -0.05) is 18.0 Å². The third-order valence-corrected chi connectivity index (χ3v) is 5.91. The van der Waals surface area contributed by atoms with Gasteiger partial charge in [0, 0.05) is 25.6 Å². The molecule has 0 radical (unpaired) electrons. The fourth-order valence-electron chi connectivity index (χ4n) is 4.31. The van der Waals surface area contributed by atoms with E-state index in [0.29, 0.717) is 12.4 Å². The van der Waals surface area contributed by atoms with Gasteiger partial charge in [0.1, 0.15) is 5.75 Å². The lowest BCUT2D eigenvalue weighted by Crippen LogP contribution is -2.49. The zero-order valence-electron chi connectivity index (χ0n) is 16.3. The number of carbonyl (C=O) groups is 1. The molecule has 1 aliphatic carbocycles. The Morgan fingerprint density at radius 2 is 2.19 bits per heavy atom. The Morgan fingerprint density at radius 1 is 1.37 bits per heavy atom. The number of likely N-dealkylation sites (tertiary alicyclic amines) is 1. The molecule has 2 aromatic rings. The average molecular weight is 369 g/mol. The summed E-state index contributed by atoms with van der Waals surface area (Å²) in [5.41, 5.74) is 1.49. The number of hydrogen-bond acceptors (Lipinski definition) is 5. The molecule has 1 aromatic carbocycles. The van der Waals surface area contributed by atoms with Gasteiger partial charge in [0.15, 0.2) is 5.82 Å². The van der Waals surface area contributed by atoms with Crippen LogP contribution in [-0.4, -0.2) is 41.1 Å². The second-order valence-electron chi connectivity index (χ2n) is 8.08. The molecule has 1 saturated heterocycles. The quantitative estimate of drug-likeness (QED) is 0.804. The van der Waals surface area contributed by atoms with E-state index in [1.54, 1.807) is 7.11 Å². The standard InChI is InChI=1S/C21H27N3O3/c1-14-11-17(26-3)7-8-18(14)19(25)24-10-4-9-21(13-24,12-16-5-6-16)20-22-15(2)27-23-20/h7-8,11,16H,4-6,9-10,12-13H2,1-3H3. The molecular formula is C21H27N3O3. The third kappa shape index (κ3) is 3.57. The van der Waals surface area contributed by atoms with Crippen LogP contribution in [0.3, 0.4) is 0 Å². The smallest absolute Gasteiger partial charge is 0.254 e. The molecule has 144 valence electrons. The van der Waals surface area contributed by atoms with Crippen LogP contribution in [0.5, 0.6) is 5.75 Å². The number of aromatic nitrogens is 2. The second-order valence-corrected chi connectivity index (χ2v) is 8.08. The highest BCUT2D eigenvalue weighted by molar-refractivity contribution is 5.96. The van der Waals surface area contributed by atoms with E-state index in [0.717, 1.165) is 54.4 Å². The van der Waals surface area contributed by atoms with Gasteiger partial charge in [0.2, 0.25) is 5.89 Å². The van der Waals surface area contributed by atoms with Crippen molar-refractivity contribution in [3.8, 4) is 5.75 Å². The topological polar surface area (TPSA) is 68.5 Å². The molecule has 1 aromatic heterocycles. The van der Waals surface area contributed by atoms with Crippen molar-refractivity contribution in [3.63, 3.8) is 0 Å². The number of aryl methyl sites for hydroxylation is 2. The highest BCUT2D eigenvalue weighted by atomic mass is 16.5. The lowest BCUT2D eigenvalue weighted by atomic mass is 9.74. The fourth-order valence-corrected chi connectivity index (χ4v) is 4.31. The molecule has 1 unspecified atom stereocenters. The highest BCUT2D eigenvalue weighted by Gasteiger charge is 2.45. The van der Waals surface area contributed by atoms with Gasteiger partial charge in [-0.05, 0) is 55.9 Å². The molecule has 27 heavy (non-hydrogen) atoms. The number of piperidine rings is 1. The van der Waals surface area contributed by atoms with Crippen molar-refractivity contribution in [1.82, 2.24) is 15.0 Å². The van der Waals surface area contributed by atoms with Gasteiger partial charge in [0.25, 0.3) is 5.91 Å². The molecule has 2 aliphatic rings. The normalized spacial score (nSPS) is 22.7. The first-order chi connectivity index (χ1) is 13.0. The van der Waals surface area contributed by atoms with E-state index in [9.17, 15) is 4.79 Å². The fraction of sp³-hybridized carbons (Fsp3) is 0.571. The van der Waals surface area contributed by atoms with Crippen LogP contribution in [-0.2, 0) is 5.41 Å². The molecule has 0 bridgehead atoms. The largest absolute Gasteiger partial charge is 0.497 e. The molecule has 2 heterocycles. The number of amides is 1. The first kappa shape index (κ1) is 18.0. The summed E-state index contributed by atoms with van der Waals surface area (Å²) in [6.07, 6.45) is 5.54. The minimum Gasteiger partial charge on any atom is -0.497 e. The first-order valence-electron chi connectivity index (χ1n) is 9.75. The van der Waals surface area contributed by atoms with Crippen LogP contribution >= 0.6 is 0 Å². The molecule has 0 N–H and O–H groups in total. The summed E-state index contributed by atoms with van der Waals surface area (Å²) in [5.74, 6) is 2.94. The molecule has 6 nitrogen and oxygen atoms in total. The van der Waals surface area contributed by atoms with E-state index in [4.69, 9.17) is 9.26 Å². The van der Waals surface area contributed by atoms with E-state index in [-0.39, 0.29) is 11.3 Å². The minimum absolute atomic E-state index is 0.0789. The highest BCUT2D eigenvalue weighted by Crippen LogP contribution is 2.45. The van der Waals surface area contributed by atoms with Gasteiger partial charge in [-0.15, -0.1) is 0 Å². The minimum atomic E-state index is -0.187. The SMILES string of the molecule is COc1ccc(C(=O)N2CCCC(CC3CC3)(c3noc(C)n3)C2)c(C)c1. The van der Waals surface area contributed by atoms with Crippen molar-refractivity contribution in [1.29, 1.82) is 0 Å². The van der Waals surface area contributed by atoms with Gasteiger partial charge >= 0.3 is 0 Å². The summed E-state index contributed by atoms with van der Waals surface area (Å²) >= 11 is 0. The molecular weight excluding hydrogens is 342 g/mol. The van der Waals surface area contributed by atoms with E-state index >= 15 is 0 Å². The number of carbonyl (C=O) groups excluding carboxylic acids is 1. The zero-order valence-corrected chi connectivity index (χ0v) is 16.3. The summed E-state index contributed by atoms with van der Waals surface area (Å²) in [6, 6.07) is 5.63. The van der Waals surface area contributed by atoms with Gasteiger partial charge in [-0.3, -0.25) is 4.79 Å². The van der Waals surface area contributed by atoms with Crippen molar-refractivity contribution in [2.45, 2.75) is 51.4 Å². The first-order valence-corrected chi connectivity index (χ1v) is 9.75. The maximum atomic E-state index is 13.3. The molecule has 6 heteroatoms. The Kier molecular flexibility index (Phi) is 4.66. The summed E-state index contributed by atoms with van der Waals surface area (Å²) in [7, 11) is 1.64. The number of nitrogens with zero attached hydrogens (tertiary/aromatic N) is 3. The molecule has 1 atom stereocenters. The summed E-state index contributed by atoms with van der Waals surface area (Å²) < 4.78 is 10.6. The summed E-state index contributed by atoms with van der Waals surface area (Å²) in [5, 5.41) is 4.26. The predicted molar refractivity (Wildman–Crippen MR) is 101 cm³/mol. The van der Waals surface area contributed by atoms with E-state index in [2.05, 4.69) is 10.1 Å². The Hall–Kier alpha value is -2.37. The third-order valence-electron chi connectivity index (χ3n) is 5.91. The second kappa shape index (κ2) is 6.98. The van der Waals surface area contributed by atoms with Crippen LogP contribution in [0, 0.1) is 19.8 Å². The number of rotatable bonds is 5. The Morgan fingerprint density at radius 3 is 2.81 bits per heavy atom. The number of hydrogen-bond donors (Lipinski definition) is 0. The average Bonchev–Trinajstić information content (AvgIpc) is 3.37. The van der Waals surface area contributed by atoms with Crippen molar-refractivity contribution >= 4 is 5.91 Å². The monoisotopic (exact) mass is 369 g/mol. The van der Waals surface area contributed by atoms with E-state index in [1.165, 1.54) is 12.8 Å². The van der Waals surface area contributed by atoms with Crippen molar-refractivity contribution < 1.29 is 14.1 Å². The van der Waals surface area contributed by atoms with Crippen LogP contribution in [0.25, 0.3) is 0 Å². The van der Waals surface area contributed by atoms with Crippen molar-refractivity contribution in [2.24, 2.45) is 5.92 Å². The van der Waals surface area contributed by atoms with E-state index < -0.39 is 0 Å². The van der Waals surface area contributed by atoms with Gasteiger partial charge in [0.05, 0.1) is 12.5 Å². The molecule has 1 amide bonds. The molecule has 4 rings (SSSR count). The van der Waals surface area contributed by atoms with Gasteiger partial charge in [-0.25, -0.2) is 0 Å². The number of ether oxygens (including phenoxy) is 1. The van der Waals surface area contributed by atoms with Crippen LogP contribution in [0.2, 0.25) is 0 Å². The molecule has 2 fully saturated rings. The lowest BCUT2D eigenvalue weighted by Gasteiger charge is -2.41. The van der Waals surface area contributed by atoms with Gasteiger partial charge < -0.3 is 14.2 Å². The lowest BCUT2D eigenvalue weighted by molar-refractivity contribution is 0.0606. The maximum absolute atomic E-state index is 13.3. The number of benzene rings is 1. The predicted octanol–water partition coefficient (Wildman–Crippen LogP) is 3.67. The number of methoxy groups -OCH3 is 1. The van der Waals surface area contributed by atoms with E-state index in [1.807, 2.05) is 36.9 Å². The molecule has 1 saturated carbocycles. The van der Waals surface area contributed by atoms with Crippen molar-refractivity contribution in [3.05, 3.63) is 41.0 Å². The van der Waals surface area contributed by atoms with Crippen LogP contribution in [0.1, 0.15) is 59.7 Å². The van der Waals surface area contributed by atoms with Crippen molar-refractivity contribution in [2.75, 3.05) is 20.2 Å². The zero-order chi connectivity index (χ0) is 19.0. The Labute approximate surface area is 159 Å². The van der Waals surface area contributed by atoms with Crippen LogP contribution < -0.4 is 4.74 Å². The maximum Gasteiger partial charge on any atom is 0.254 e. The summed E-state index contributed by atoms with van der Waals surface area (Å²) in [6.45, 7) is 5.22. The Bertz CT molecular complexity index is 843. The Balaban J connectivity index is 1.61. The molecule has 0 spiro atoms. The van der Waals surface area contributed by atoms with Gasteiger partial charge in [-0.2, -0.15) is 4.98 Å². The van der Waals surface area contributed by atoms with Crippen LogP contribution in [0.15, 0.2) is 22.7 Å². The molecule has 1 aliphatic heterocycles. The summed E-state index contributed by atoms with van der Waals surface area (Å²) in [4.78, 5) is 19.8.